The Labute approximate surface area is 155 Å². The summed E-state index contributed by atoms with van der Waals surface area (Å²) >= 11 is 0. The molecule has 0 bridgehead atoms. The summed E-state index contributed by atoms with van der Waals surface area (Å²) in [6.07, 6.45) is 4.57. The lowest BCUT2D eigenvalue weighted by molar-refractivity contribution is 0.0700. The van der Waals surface area contributed by atoms with Gasteiger partial charge in [0.2, 0.25) is 0 Å². The van der Waals surface area contributed by atoms with E-state index in [-0.39, 0.29) is 11.9 Å². The summed E-state index contributed by atoms with van der Waals surface area (Å²) in [5, 5.41) is 7.99. The molecule has 1 aliphatic heterocycles. The molecule has 2 heterocycles. The number of aryl methyl sites for hydroxylation is 1. The lowest BCUT2D eigenvalue weighted by Gasteiger charge is -2.35. The van der Waals surface area contributed by atoms with E-state index >= 15 is 0 Å². The Morgan fingerprint density at radius 1 is 1.23 bits per heavy atom. The molecule has 1 fully saturated rings. The highest BCUT2D eigenvalue weighted by Crippen LogP contribution is 2.22. The van der Waals surface area contributed by atoms with Gasteiger partial charge in [0.15, 0.2) is 0 Å². The average Bonchev–Trinajstić information content (AvgIpc) is 3.07. The van der Waals surface area contributed by atoms with Crippen molar-refractivity contribution in [1.82, 2.24) is 25.0 Å². The van der Waals surface area contributed by atoms with Gasteiger partial charge < -0.3 is 10.2 Å². The number of hydrogen-bond acceptors (Lipinski definition) is 4. The van der Waals surface area contributed by atoms with Gasteiger partial charge in [-0.05, 0) is 37.3 Å². The summed E-state index contributed by atoms with van der Waals surface area (Å²) in [6, 6.07) is 10.1. The number of nitrogens with zero attached hydrogens (tertiary/aromatic N) is 4. The number of amides is 1. The first kappa shape index (κ1) is 18.6. The second kappa shape index (κ2) is 8.45. The van der Waals surface area contributed by atoms with Crippen molar-refractivity contribution >= 4 is 5.91 Å². The van der Waals surface area contributed by atoms with E-state index < -0.39 is 0 Å². The van der Waals surface area contributed by atoms with E-state index in [1.165, 1.54) is 0 Å². The van der Waals surface area contributed by atoms with Crippen LogP contribution in [0.25, 0.3) is 0 Å². The van der Waals surface area contributed by atoms with E-state index in [1.807, 2.05) is 47.0 Å². The molecule has 0 spiro atoms. The molecule has 1 aliphatic rings. The minimum absolute atomic E-state index is 0.135. The Hall–Kier alpha value is -2.21. The van der Waals surface area contributed by atoms with E-state index in [2.05, 4.69) is 29.2 Å². The van der Waals surface area contributed by atoms with Crippen LogP contribution in [0.3, 0.4) is 0 Å². The molecule has 1 aromatic carbocycles. The Balaban J connectivity index is 1.58. The average molecular weight is 355 g/mol. The minimum Gasteiger partial charge on any atom is -0.339 e. The van der Waals surface area contributed by atoms with Crippen molar-refractivity contribution in [3.8, 4) is 0 Å². The molecule has 3 rings (SSSR count). The van der Waals surface area contributed by atoms with Crippen molar-refractivity contribution in [2.24, 2.45) is 13.0 Å². The number of piperidine rings is 1. The van der Waals surface area contributed by atoms with Crippen molar-refractivity contribution in [3.05, 3.63) is 48.0 Å². The zero-order chi connectivity index (χ0) is 18.5. The van der Waals surface area contributed by atoms with E-state index in [4.69, 9.17) is 0 Å². The van der Waals surface area contributed by atoms with E-state index in [9.17, 15) is 4.79 Å². The summed E-state index contributed by atoms with van der Waals surface area (Å²) in [5.74, 6) is 1.70. The lowest BCUT2D eigenvalue weighted by atomic mass is 9.98. The maximum Gasteiger partial charge on any atom is 0.253 e. The highest BCUT2D eigenvalue weighted by molar-refractivity contribution is 5.94. The van der Waals surface area contributed by atoms with Gasteiger partial charge in [-0.25, -0.2) is 4.98 Å². The quantitative estimate of drug-likeness (QED) is 0.865. The van der Waals surface area contributed by atoms with Crippen molar-refractivity contribution in [3.63, 3.8) is 0 Å². The predicted molar refractivity (Wildman–Crippen MR) is 102 cm³/mol. The van der Waals surface area contributed by atoms with Gasteiger partial charge in [-0.15, -0.1) is 0 Å². The Kier molecular flexibility index (Phi) is 6.04. The molecule has 2 aromatic rings. The van der Waals surface area contributed by atoms with Crippen molar-refractivity contribution in [2.75, 3.05) is 13.1 Å². The molecule has 0 saturated carbocycles. The van der Waals surface area contributed by atoms with Crippen LogP contribution in [-0.2, 0) is 7.05 Å². The molecule has 140 valence electrons. The number of hydrogen-bond donors (Lipinski definition) is 1. The van der Waals surface area contributed by atoms with Crippen LogP contribution in [0.2, 0.25) is 0 Å². The third-order valence-corrected chi connectivity index (χ3v) is 5.00. The molecule has 0 radical (unpaired) electrons. The van der Waals surface area contributed by atoms with E-state index in [0.29, 0.717) is 12.0 Å². The number of carbonyl (C=O) groups excluding carboxylic acids is 1. The summed E-state index contributed by atoms with van der Waals surface area (Å²) in [5.41, 5.74) is 0.774. The topological polar surface area (TPSA) is 63.1 Å². The third-order valence-electron chi connectivity index (χ3n) is 5.00. The highest BCUT2D eigenvalue weighted by Gasteiger charge is 2.27. The molecule has 1 atom stereocenters. The number of likely N-dealkylation sites (tertiary alicyclic amines) is 1. The predicted octanol–water partition coefficient (Wildman–Crippen LogP) is 2.80. The van der Waals surface area contributed by atoms with Gasteiger partial charge in [0.25, 0.3) is 5.91 Å². The first-order chi connectivity index (χ1) is 12.5. The molecular formula is C20H29N5O. The van der Waals surface area contributed by atoms with Crippen LogP contribution < -0.4 is 5.32 Å². The summed E-state index contributed by atoms with van der Waals surface area (Å²) in [6.45, 7) is 6.04. The molecule has 1 unspecified atom stereocenters. The first-order valence-corrected chi connectivity index (χ1v) is 9.49. The van der Waals surface area contributed by atoms with Gasteiger partial charge in [0.05, 0.1) is 6.04 Å². The normalized spacial score (nSPS) is 16.8. The highest BCUT2D eigenvalue weighted by atomic mass is 16.2. The first-order valence-electron chi connectivity index (χ1n) is 9.49. The third kappa shape index (κ3) is 4.49. The van der Waals surface area contributed by atoms with Crippen LogP contribution >= 0.6 is 0 Å². The number of carbonyl (C=O) groups is 1. The molecule has 1 amide bonds. The summed E-state index contributed by atoms with van der Waals surface area (Å²) in [4.78, 5) is 19.0. The van der Waals surface area contributed by atoms with E-state index in [0.717, 1.165) is 43.7 Å². The monoisotopic (exact) mass is 355 g/mol. The second-order valence-corrected chi connectivity index (χ2v) is 7.52. The minimum atomic E-state index is 0.135. The van der Waals surface area contributed by atoms with Gasteiger partial charge >= 0.3 is 0 Å². The van der Waals surface area contributed by atoms with Gasteiger partial charge in [-0.3, -0.25) is 9.48 Å². The van der Waals surface area contributed by atoms with Crippen molar-refractivity contribution in [1.29, 1.82) is 0 Å². The lowest BCUT2D eigenvalue weighted by Crippen LogP contribution is -2.46. The molecule has 1 aromatic heterocycles. The van der Waals surface area contributed by atoms with Crippen LogP contribution in [0, 0.1) is 5.92 Å². The Morgan fingerprint density at radius 2 is 1.92 bits per heavy atom. The number of nitrogens with one attached hydrogen (secondary N) is 1. The van der Waals surface area contributed by atoms with Gasteiger partial charge in [0.1, 0.15) is 12.2 Å². The van der Waals surface area contributed by atoms with Crippen LogP contribution in [-0.4, -0.2) is 44.7 Å². The van der Waals surface area contributed by atoms with Crippen molar-refractivity contribution < 1.29 is 4.79 Å². The Morgan fingerprint density at radius 3 is 2.50 bits per heavy atom. The fraction of sp³-hybridized carbons (Fsp3) is 0.550. The molecule has 6 heteroatoms. The zero-order valence-corrected chi connectivity index (χ0v) is 15.9. The molecule has 6 nitrogen and oxygen atoms in total. The molecule has 1 saturated heterocycles. The fourth-order valence-corrected chi connectivity index (χ4v) is 3.64. The van der Waals surface area contributed by atoms with Crippen molar-refractivity contribution in [2.45, 2.75) is 45.2 Å². The standard InChI is InChI=1S/C20H29N5O/c1-15(2)13-18(19-21-14-22-24(19)3)23-17-9-11-25(12-10-17)20(26)16-7-5-4-6-8-16/h4-8,14-15,17-18,23H,9-13H2,1-3H3. The largest absolute Gasteiger partial charge is 0.339 e. The maximum atomic E-state index is 12.6. The molecule has 1 N–H and O–H groups in total. The van der Waals surface area contributed by atoms with Gasteiger partial charge in [-0.2, -0.15) is 5.10 Å². The maximum absolute atomic E-state index is 12.6. The molecule has 26 heavy (non-hydrogen) atoms. The van der Waals surface area contributed by atoms with E-state index in [1.54, 1.807) is 6.33 Å². The number of benzene rings is 1. The summed E-state index contributed by atoms with van der Waals surface area (Å²) in [7, 11) is 1.94. The zero-order valence-electron chi connectivity index (χ0n) is 15.9. The van der Waals surface area contributed by atoms with Gasteiger partial charge in [-0.1, -0.05) is 32.0 Å². The fourth-order valence-electron chi connectivity index (χ4n) is 3.64. The van der Waals surface area contributed by atoms with Crippen LogP contribution in [0.1, 0.15) is 55.3 Å². The Bertz CT molecular complexity index is 704. The van der Waals surface area contributed by atoms with Gasteiger partial charge in [0, 0.05) is 31.7 Å². The number of aromatic nitrogens is 3. The SMILES string of the molecule is CC(C)CC(NC1CCN(C(=O)c2ccccc2)CC1)c1ncnn1C. The second-order valence-electron chi connectivity index (χ2n) is 7.52. The number of rotatable bonds is 6. The summed E-state index contributed by atoms with van der Waals surface area (Å²) < 4.78 is 1.86. The molecule has 0 aliphatic carbocycles. The van der Waals surface area contributed by atoms with Crippen LogP contribution in [0.15, 0.2) is 36.7 Å². The van der Waals surface area contributed by atoms with Crippen LogP contribution in [0.5, 0.6) is 0 Å². The van der Waals surface area contributed by atoms with Crippen LogP contribution in [0.4, 0.5) is 0 Å². The smallest absolute Gasteiger partial charge is 0.253 e. The molecular weight excluding hydrogens is 326 g/mol.